The van der Waals surface area contributed by atoms with Crippen LogP contribution in [0.2, 0.25) is 0 Å². The monoisotopic (exact) mass is 196 g/mol. The summed E-state index contributed by atoms with van der Waals surface area (Å²) in [5.74, 6) is 0.664. The van der Waals surface area contributed by atoms with E-state index in [9.17, 15) is 9.59 Å². The first-order valence-corrected chi connectivity index (χ1v) is 5.24. The predicted octanol–water partition coefficient (Wildman–Crippen LogP) is 0.132. The lowest BCUT2D eigenvalue weighted by Crippen LogP contribution is -2.58. The van der Waals surface area contributed by atoms with Crippen LogP contribution in [0.3, 0.4) is 0 Å². The Labute approximate surface area is 83.6 Å². The molecular formula is C10H16N2O2. The van der Waals surface area contributed by atoms with Crippen LogP contribution in [0.5, 0.6) is 0 Å². The minimum Gasteiger partial charge on any atom is -0.345 e. The predicted molar refractivity (Wildman–Crippen MR) is 51.5 cm³/mol. The van der Waals surface area contributed by atoms with Crippen molar-refractivity contribution in [3.63, 3.8) is 0 Å². The second-order valence-electron chi connectivity index (χ2n) is 4.17. The second kappa shape index (κ2) is 3.26. The molecule has 2 amide bonds. The molecule has 0 aromatic rings. The van der Waals surface area contributed by atoms with Gasteiger partial charge in [0, 0.05) is 6.04 Å². The normalized spacial score (nSPS) is 37.0. The third-order valence-electron chi connectivity index (χ3n) is 3.27. The molecule has 14 heavy (non-hydrogen) atoms. The van der Waals surface area contributed by atoms with Gasteiger partial charge in [0.25, 0.3) is 0 Å². The highest BCUT2D eigenvalue weighted by Crippen LogP contribution is 2.39. The summed E-state index contributed by atoms with van der Waals surface area (Å²) in [6.45, 7) is 4.11. The van der Waals surface area contributed by atoms with Crippen molar-refractivity contribution in [3.05, 3.63) is 0 Å². The highest BCUT2D eigenvalue weighted by Gasteiger charge is 2.47. The molecule has 0 bridgehead atoms. The molecule has 0 radical (unpaired) electrons. The van der Waals surface area contributed by atoms with Crippen LogP contribution in [0.25, 0.3) is 0 Å². The molecule has 4 heteroatoms. The van der Waals surface area contributed by atoms with Crippen LogP contribution in [0.15, 0.2) is 0 Å². The van der Waals surface area contributed by atoms with Crippen LogP contribution in [0.1, 0.15) is 26.7 Å². The second-order valence-corrected chi connectivity index (χ2v) is 4.17. The van der Waals surface area contributed by atoms with Gasteiger partial charge in [0.05, 0.1) is 6.54 Å². The van der Waals surface area contributed by atoms with Crippen LogP contribution < -0.4 is 5.32 Å². The number of piperazine rings is 1. The molecule has 2 fully saturated rings. The third-order valence-corrected chi connectivity index (χ3v) is 3.27. The van der Waals surface area contributed by atoms with Crippen LogP contribution in [0, 0.1) is 5.92 Å². The fourth-order valence-corrected chi connectivity index (χ4v) is 2.23. The molecule has 2 rings (SSSR count). The molecule has 0 aromatic carbocycles. The molecule has 1 saturated heterocycles. The van der Waals surface area contributed by atoms with Gasteiger partial charge in [-0.05, 0) is 19.3 Å². The third kappa shape index (κ3) is 1.38. The van der Waals surface area contributed by atoms with E-state index in [0.29, 0.717) is 12.0 Å². The standard InChI is InChI=1S/C10H16N2O2/c1-3-7-4-8(7)12-6(2)10(14)11-5-9(12)13/h6-8H,3-5H2,1-2H3,(H,11,14). The van der Waals surface area contributed by atoms with Crippen molar-refractivity contribution in [2.75, 3.05) is 6.54 Å². The maximum absolute atomic E-state index is 11.6. The molecule has 1 saturated carbocycles. The minimum atomic E-state index is -0.280. The zero-order valence-corrected chi connectivity index (χ0v) is 8.62. The Morgan fingerprint density at radius 1 is 1.50 bits per heavy atom. The molecule has 1 aliphatic heterocycles. The molecular weight excluding hydrogens is 180 g/mol. The van der Waals surface area contributed by atoms with Crippen molar-refractivity contribution in [2.45, 2.75) is 38.8 Å². The summed E-state index contributed by atoms with van der Waals surface area (Å²) in [5.41, 5.74) is 0. The number of hydrogen-bond donors (Lipinski definition) is 1. The lowest BCUT2D eigenvalue weighted by Gasteiger charge is -2.33. The first-order valence-electron chi connectivity index (χ1n) is 5.24. The van der Waals surface area contributed by atoms with Crippen molar-refractivity contribution >= 4 is 11.8 Å². The topological polar surface area (TPSA) is 49.4 Å². The SMILES string of the molecule is CCC1CC1N1C(=O)CNC(=O)C1C. The number of carbonyl (C=O) groups excluding carboxylic acids is 2. The van der Waals surface area contributed by atoms with Gasteiger partial charge in [-0.25, -0.2) is 0 Å². The average molecular weight is 196 g/mol. The van der Waals surface area contributed by atoms with E-state index in [-0.39, 0.29) is 24.4 Å². The highest BCUT2D eigenvalue weighted by atomic mass is 16.2. The lowest BCUT2D eigenvalue weighted by atomic mass is 10.2. The Morgan fingerprint density at radius 2 is 2.21 bits per heavy atom. The van der Waals surface area contributed by atoms with Gasteiger partial charge in [0.2, 0.25) is 11.8 Å². The lowest BCUT2D eigenvalue weighted by molar-refractivity contribution is -0.145. The van der Waals surface area contributed by atoms with Gasteiger partial charge in [0.1, 0.15) is 6.04 Å². The molecule has 0 spiro atoms. The van der Waals surface area contributed by atoms with E-state index in [1.165, 1.54) is 0 Å². The summed E-state index contributed by atoms with van der Waals surface area (Å²) < 4.78 is 0. The molecule has 1 N–H and O–H groups in total. The number of nitrogens with one attached hydrogen (secondary N) is 1. The minimum absolute atomic E-state index is 0.0219. The maximum Gasteiger partial charge on any atom is 0.242 e. The van der Waals surface area contributed by atoms with Crippen LogP contribution in [0.4, 0.5) is 0 Å². The van der Waals surface area contributed by atoms with E-state index in [1.807, 2.05) is 0 Å². The summed E-state index contributed by atoms with van der Waals surface area (Å²) in [5, 5.41) is 2.60. The van der Waals surface area contributed by atoms with Crippen LogP contribution >= 0.6 is 0 Å². The van der Waals surface area contributed by atoms with Gasteiger partial charge in [-0.3, -0.25) is 9.59 Å². The quantitative estimate of drug-likeness (QED) is 0.682. The number of hydrogen-bond acceptors (Lipinski definition) is 2. The fraction of sp³-hybridized carbons (Fsp3) is 0.800. The van der Waals surface area contributed by atoms with Crippen molar-refractivity contribution in [1.29, 1.82) is 0 Å². The fourth-order valence-electron chi connectivity index (χ4n) is 2.23. The number of amides is 2. The highest BCUT2D eigenvalue weighted by molar-refractivity contribution is 5.94. The van der Waals surface area contributed by atoms with Crippen molar-refractivity contribution in [1.82, 2.24) is 10.2 Å². The van der Waals surface area contributed by atoms with E-state index >= 15 is 0 Å². The first kappa shape index (κ1) is 9.49. The van der Waals surface area contributed by atoms with E-state index in [0.717, 1.165) is 12.8 Å². The van der Waals surface area contributed by atoms with Gasteiger partial charge in [0.15, 0.2) is 0 Å². The molecule has 1 heterocycles. The number of rotatable bonds is 2. The summed E-state index contributed by atoms with van der Waals surface area (Å²) in [7, 11) is 0. The van der Waals surface area contributed by atoms with Crippen molar-refractivity contribution < 1.29 is 9.59 Å². The molecule has 3 unspecified atom stereocenters. The van der Waals surface area contributed by atoms with E-state index in [2.05, 4.69) is 12.2 Å². The maximum atomic E-state index is 11.6. The van der Waals surface area contributed by atoms with Crippen LogP contribution in [-0.2, 0) is 9.59 Å². The summed E-state index contributed by atoms with van der Waals surface area (Å²) in [4.78, 5) is 24.7. The molecule has 0 aromatic heterocycles. The zero-order chi connectivity index (χ0) is 10.3. The molecule has 3 atom stereocenters. The molecule has 1 aliphatic carbocycles. The molecule has 4 nitrogen and oxygen atoms in total. The van der Waals surface area contributed by atoms with Gasteiger partial charge < -0.3 is 10.2 Å². The first-order chi connectivity index (χ1) is 6.65. The van der Waals surface area contributed by atoms with Gasteiger partial charge in [-0.2, -0.15) is 0 Å². The molecule has 2 aliphatic rings. The van der Waals surface area contributed by atoms with E-state index in [1.54, 1.807) is 11.8 Å². The zero-order valence-electron chi connectivity index (χ0n) is 8.62. The Morgan fingerprint density at radius 3 is 2.79 bits per heavy atom. The molecule has 78 valence electrons. The van der Waals surface area contributed by atoms with Gasteiger partial charge in [-0.1, -0.05) is 13.3 Å². The summed E-state index contributed by atoms with van der Waals surface area (Å²) in [6, 6.07) is 0.0475. The van der Waals surface area contributed by atoms with E-state index < -0.39 is 0 Å². The number of nitrogens with zero attached hydrogens (tertiary/aromatic N) is 1. The average Bonchev–Trinajstić information content (AvgIpc) is 2.92. The Balaban J connectivity index is 2.08. The summed E-state index contributed by atoms with van der Waals surface area (Å²) in [6.07, 6.45) is 2.17. The Bertz CT molecular complexity index is 277. The van der Waals surface area contributed by atoms with Crippen molar-refractivity contribution in [3.8, 4) is 0 Å². The summed E-state index contributed by atoms with van der Waals surface area (Å²) >= 11 is 0. The number of carbonyl (C=O) groups is 2. The smallest absolute Gasteiger partial charge is 0.242 e. The van der Waals surface area contributed by atoms with Crippen LogP contribution in [-0.4, -0.2) is 35.3 Å². The van der Waals surface area contributed by atoms with Gasteiger partial charge in [-0.15, -0.1) is 0 Å². The van der Waals surface area contributed by atoms with Crippen molar-refractivity contribution in [2.24, 2.45) is 5.92 Å². The largest absolute Gasteiger partial charge is 0.345 e. The van der Waals surface area contributed by atoms with Gasteiger partial charge >= 0.3 is 0 Å². The van der Waals surface area contributed by atoms with E-state index in [4.69, 9.17) is 0 Å². The Kier molecular flexibility index (Phi) is 2.21. The Hall–Kier alpha value is -1.06.